The topological polar surface area (TPSA) is 369 Å². The van der Waals surface area contributed by atoms with Gasteiger partial charge < -0.3 is 59.4 Å². The Kier molecular flexibility index (Phi) is 14.7. The van der Waals surface area contributed by atoms with E-state index in [1.165, 1.54) is 15.5 Å². The summed E-state index contributed by atoms with van der Waals surface area (Å²) in [6.07, 6.45) is -10.3. The smallest absolute Gasteiger partial charge is 0.756 e. The standard InChI is InChI=1S/C27H33N9O15P2.2Na/c1-10-3-12-13(4-11(10)2)35(24-18(32-12)25(42)34-27(43)33-24)5-14(37)19(39)15(38)6-48-52(44,45)51-53(46,47)49-7-16-20(40)21(41)26(50-16)36-9-31-17-22(28)29-8-30-23(17)36;;/h3-4,8-9,14-16,19-21,26,37-41H,5-7H2,1-2H3,(H,44,45)(H,46,47)(H2,28,29,30)(H,34,42,43);;/q;2*+1/p-2/t14-,15+,16-,19-,20-,21-,26-;;/m1../s1. The van der Waals surface area contributed by atoms with Gasteiger partial charge in [-0.1, -0.05) is 0 Å². The summed E-state index contributed by atoms with van der Waals surface area (Å²) in [5.41, 5.74) is 5.97. The van der Waals surface area contributed by atoms with Crippen molar-refractivity contribution in [1.29, 1.82) is 0 Å². The van der Waals surface area contributed by atoms with Gasteiger partial charge in [0.15, 0.2) is 29.2 Å². The third-order valence-electron chi connectivity index (χ3n) is 8.38. The Labute approximate surface area is 352 Å². The minimum atomic E-state index is -5.85. The molecule has 0 amide bonds. The molecule has 0 aliphatic carbocycles. The molecule has 3 aromatic rings. The molecule has 5 heterocycles. The molecule has 3 aliphatic rings. The first-order chi connectivity index (χ1) is 24.9. The molecule has 28 heteroatoms. The van der Waals surface area contributed by atoms with Gasteiger partial charge in [-0.3, -0.25) is 23.5 Å². The predicted molar refractivity (Wildman–Crippen MR) is 172 cm³/mol. The number of aromatic nitrogens is 8. The van der Waals surface area contributed by atoms with Gasteiger partial charge in [0.2, 0.25) is 0 Å². The molecule has 0 radical (unpaired) electrons. The summed E-state index contributed by atoms with van der Waals surface area (Å²) in [4.78, 5) is 71.1. The van der Waals surface area contributed by atoms with Crippen molar-refractivity contribution < 1.29 is 122 Å². The van der Waals surface area contributed by atoms with Crippen molar-refractivity contribution in [2.45, 2.75) is 63.2 Å². The minimum absolute atomic E-state index is 0. The Bertz CT molecular complexity index is 2370. The van der Waals surface area contributed by atoms with Gasteiger partial charge in [0.1, 0.15) is 48.5 Å². The van der Waals surface area contributed by atoms with Crippen molar-refractivity contribution in [2.75, 3.05) is 18.9 Å². The summed E-state index contributed by atoms with van der Waals surface area (Å²) >= 11 is 0. The third kappa shape index (κ3) is 9.78. The summed E-state index contributed by atoms with van der Waals surface area (Å²) in [5, 5.41) is 52.9. The molecule has 24 nitrogen and oxygen atoms in total. The van der Waals surface area contributed by atoms with E-state index in [2.05, 4.69) is 38.3 Å². The second-order valence-electron chi connectivity index (χ2n) is 12.0. The van der Waals surface area contributed by atoms with Gasteiger partial charge in [0.05, 0.1) is 37.1 Å². The molecule has 1 fully saturated rings. The van der Waals surface area contributed by atoms with Crippen molar-refractivity contribution in [3.8, 4) is 11.5 Å². The Morgan fingerprint density at radius 3 is 2.36 bits per heavy atom. The number of nitrogens with two attached hydrogens (primary N) is 1. The molecule has 0 bridgehead atoms. The van der Waals surface area contributed by atoms with Crippen molar-refractivity contribution in [3.05, 3.63) is 56.8 Å². The molecule has 0 spiro atoms. The zero-order valence-corrected chi connectivity index (χ0v) is 35.2. The molecule has 9 atom stereocenters. The maximum Gasteiger partial charge on any atom is 1.00 e. The van der Waals surface area contributed by atoms with E-state index in [1.807, 2.05) is 4.98 Å². The van der Waals surface area contributed by atoms with E-state index in [0.717, 1.165) is 17.5 Å². The Morgan fingerprint density at radius 2 is 1.65 bits per heavy atom. The van der Waals surface area contributed by atoms with Crippen LogP contribution in [-0.2, 0) is 33.8 Å². The van der Waals surface area contributed by atoms with Crippen LogP contribution in [0.4, 0.5) is 5.82 Å². The van der Waals surface area contributed by atoms with Gasteiger partial charge in [0, 0.05) is 0 Å². The average Bonchev–Trinajstić information content (AvgIpc) is 3.63. The number of phosphoric acid groups is 2. The molecular formula is C27H31N9Na2O15P2. The average molecular weight is 830 g/mol. The van der Waals surface area contributed by atoms with Crippen molar-refractivity contribution in [3.63, 3.8) is 0 Å². The molecule has 2 aromatic heterocycles. The molecule has 2 unspecified atom stereocenters. The summed E-state index contributed by atoms with van der Waals surface area (Å²) in [5.74, 6) is -0.243. The van der Waals surface area contributed by atoms with Gasteiger partial charge >= 0.3 is 64.8 Å². The van der Waals surface area contributed by atoms with Gasteiger partial charge in [-0.15, -0.1) is 0 Å². The van der Waals surface area contributed by atoms with E-state index >= 15 is 0 Å². The number of fused-ring (bicyclic) bond motifs is 3. The minimum Gasteiger partial charge on any atom is -0.756 e. The quantitative estimate of drug-likeness (QED) is 0.0329. The third-order valence-corrected chi connectivity index (χ3v) is 10.9. The molecule has 1 aromatic carbocycles. The molecule has 0 saturated carbocycles. The van der Waals surface area contributed by atoms with Gasteiger partial charge in [-0.2, -0.15) is 4.98 Å². The number of nitrogens with one attached hydrogen (secondary N) is 1. The number of aliphatic hydroxyl groups excluding tert-OH is 5. The van der Waals surface area contributed by atoms with Crippen LogP contribution < -0.4 is 85.9 Å². The van der Waals surface area contributed by atoms with E-state index in [0.29, 0.717) is 0 Å². The number of nitrogens with zero attached hydrogens (tertiary/aromatic N) is 7. The van der Waals surface area contributed by atoms with Crippen LogP contribution in [0.5, 0.6) is 0 Å². The number of hydrogen-bond donors (Lipinski definition) is 7. The van der Waals surface area contributed by atoms with Crippen LogP contribution in [0.25, 0.3) is 33.7 Å². The fourth-order valence-corrected chi connectivity index (χ4v) is 7.56. The van der Waals surface area contributed by atoms with E-state index in [4.69, 9.17) is 10.5 Å². The SMILES string of the molecule is Cc1cc2nc3c(=O)[nH]c(=O)nc-3n(C[C@@H](O)[C@@H](O)[C@@H](O)COP(=O)([O-])OP(=O)([O-])OC[C@H]3O[C@@H](n4cnc5c(N)ncnc54)[C@H](O)[C@@H]3O)c2cc1C.[Na+].[Na+]. The number of hydrogen-bond acceptors (Lipinski definition) is 21. The number of phosphoric ester groups is 2. The zero-order valence-electron chi connectivity index (χ0n) is 29.4. The summed E-state index contributed by atoms with van der Waals surface area (Å²) in [6, 6.07) is 3.27. The van der Waals surface area contributed by atoms with E-state index in [-0.39, 0.29) is 98.6 Å². The normalized spacial score (nSPS) is 22.4. The number of rotatable bonds is 13. The number of ether oxygens (including phenoxy) is 1. The van der Waals surface area contributed by atoms with Gasteiger partial charge in [-0.05, 0) is 37.1 Å². The second-order valence-corrected chi connectivity index (χ2v) is 15.0. The summed E-state index contributed by atoms with van der Waals surface area (Å²) in [7, 11) is -11.6. The Balaban J connectivity index is 0.00000336. The van der Waals surface area contributed by atoms with Crippen LogP contribution in [0.2, 0.25) is 0 Å². The second kappa shape index (κ2) is 17.8. The summed E-state index contributed by atoms with van der Waals surface area (Å²) < 4.78 is 45.7. The maximum atomic E-state index is 12.5. The number of aryl methyl sites for hydroxylation is 2. The van der Waals surface area contributed by atoms with Crippen LogP contribution in [0, 0.1) is 13.8 Å². The van der Waals surface area contributed by atoms with Crippen LogP contribution in [-0.4, -0.2) is 114 Å². The number of nitrogen functional groups attached to an aromatic ring is 1. The van der Waals surface area contributed by atoms with E-state index in [9.17, 15) is 54.0 Å². The number of anilines is 1. The van der Waals surface area contributed by atoms with Crippen LogP contribution >= 0.6 is 15.6 Å². The largest absolute Gasteiger partial charge is 1.00 e. The summed E-state index contributed by atoms with van der Waals surface area (Å²) in [6.45, 7) is 0.570. The van der Waals surface area contributed by atoms with Crippen LogP contribution in [0.15, 0.2) is 34.4 Å². The molecular weight excluding hydrogens is 798 g/mol. The van der Waals surface area contributed by atoms with Gasteiger partial charge in [0.25, 0.3) is 21.2 Å². The van der Waals surface area contributed by atoms with Crippen LogP contribution in [0.3, 0.4) is 0 Å². The molecule has 8 N–H and O–H groups in total. The number of benzene rings is 1. The van der Waals surface area contributed by atoms with Gasteiger partial charge in [-0.25, -0.2) is 29.0 Å². The van der Waals surface area contributed by atoms with E-state index in [1.54, 1.807) is 26.0 Å². The fourth-order valence-electron chi connectivity index (χ4n) is 5.54. The Hall–Kier alpha value is -2.13. The number of aliphatic hydroxyl groups is 5. The van der Waals surface area contributed by atoms with Crippen molar-refractivity contribution >= 4 is 43.7 Å². The first kappa shape index (κ1) is 45.6. The molecule has 286 valence electrons. The molecule has 6 rings (SSSR count). The van der Waals surface area contributed by atoms with E-state index < -0.39 is 89.5 Å². The molecule has 55 heavy (non-hydrogen) atoms. The molecule has 1 saturated heterocycles. The first-order valence-corrected chi connectivity index (χ1v) is 18.3. The number of aromatic amines is 1. The Morgan fingerprint density at radius 1 is 0.982 bits per heavy atom. The van der Waals surface area contributed by atoms with Crippen molar-refractivity contribution in [2.24, 2.45) is 0 Å². The fraction of sp³-hybridized carbons (Fsp3) is 0.444. The predicted octanol–water partition coefficient (Wildman–Crippen LogP) is -9.68. The zero-order chi connectivity index (χ0) is 38.6. The number of imidazole rings is 1. The monoisotopic (exact) mass is 829 g/mol. The number of H-pyrrole nitrogens is 1. The maximum absolute atomic E-state index is 12.5. The molecule has 3 aliphatic heterocycles. The first-order valence-electron chi connectivity index (χ1n) is 15.4. The van der Waals surface area contributed by atoms with Crippen molar-refractivity contribution in [1.82, 2.24) is 39.0 Å². The van der Waals surface area contributed by atoms with Crippen LogP contribution in [0.1, 0.15) is 17.4 Å².